The van der Waals surface area contributed by atoms with E-state index in [1.54, 1.807) is 13.0 Å². The molecule has 0 radical (unpaired) electrons. The highest BCUT2D eigenvalue weighted by atomic mass is 31.1. The second kappa shape index (κ2) is 8.23. The maximum absolute atomic E-state index is 11.5. The van der Waals surface area contributed by atoms with Crippen LogP contribution in [0, 0.1) is 0 Å². The SMILES string of the molecule is CCCCNc1nc(N)c2ncn(Cc3cccc(C[P+](C)=O)c3)c2n1. The Balaban J connectivity index is 1.87. The van der Waals surface area contributed by atoms with Crippen LogP contribution in [0.1, 0.15) is 30.9 Å². The molecule has 0 saturated heterocycles. The van der Waals surface area contributed by atoms with E-state index in [1.807, 2.05) is 22.8 Å². The Morgan fingerprint density at radius 2 is 2.08 bits per heavy atom. The van der Waals surface area contributed by atoms with Gasteiger partial charge in [-0.15, -0.1) is 0 Å². The summed E-state index contributed by atoms with van der Waals surface area (Å²) >= 11 is 0. The van der Waals surface area contributed by atoms with Gasteiger partial charge >= 0.3 is 7.80 Å². The zero-order valence-corrected chi connectivity index (χ0v) is 16.0. The van der Waals surface area contributed by atoms with Gasteiger partial charge in [0.15, 0.2) is 17.6 Å². The number of unbranched alkanes of at least 4 members (excludes halogenated alkanes) is 1. The molecule has 7 nitrogen and oxygen atoms in total. The lowest BCUT2D eigenvalue weighted by molar-refractivity contribution is 0.590. The number of aromatic nitrogens is 4. The fourth-order valence-electron chi connectivity index (χ4n) is 2.82. The number of imidazole rings is 1. The van der Waals surface area contributed by atoms with Gasteiger partial charge in [0.25, 0.3) is 0 Å². The molecule has 3 N–H and O–H groups in total. The van der Waals surface area contributed by atoms with Crippen LogP contribution in [0.15, 0.2) is 30.6 Å². The third kappa shape index (κ3) is 4.35. The van der Waals surface area contributed by atoms with Crippen LogP contribution in [-0.2, 0) is 17.3 Å². The van der Waals surface area contributed by atoms with Crippen molar-refractivity contribution in [3.8, 4) is 0 Å². The molecule has 26 heavy (non-hydrogen) atoms. The topological polar surface area (TPSA) is 98.7 Å². The first-order valence-corrected chi connectivity index (χ1v) is 10.6. The monoisotopic (exact) mass is 371 g/mol. The van der Waals surface area contributed by atoms with E-state index in [0.29, 0.717) is 35.6 Å². The van der Waals surface area contributed by atoms with Gasteiger partial charge in [0.2, 0.25) is 5.95 Å². The number of nitrogens with one attached hydrogen (secondary N) is 1. The van der Waals surface area contributed by atoms with E-state index in [9.17, 15) is 4.57 Å². The van der Waals surface area contributed by atoms with Crippen LogP contribution in [0.3, 0.4) is 0 Å². The minimum Gasteiger partial charge on any atom is -0.382 e. The highest BCUT2D eigenvalue weighted by Crippen LogP contribution is 2.23. The van der Waals surface area contributed by atoms with Crippen molar-refractivity contribution in [2.24, 2.45) is 0 Å². The molecule has 0 aliphatic rings. The summed E-state index contributed by atoms with van der Waals surface area (Å²) in [6, 6.07) is 8.11. The van der Waals surface area contributed by atoms with Crippen molar-refractivity contribution in [2.75, 3.05) is 24.3 Å². The van der Waals surface area contributed by atoms with Gasteiger partial charge in [0.1, 0.15) is 12.2 Å². The van der Waals surface area contributed by atoms with Gasteiger partial charge in [-0.25, -0.2) is 4.98 Å². The zero-order valence-electron chi connectivity index (χ0n) is 15.1. The summed E-state index contributed by atoms with van der Waals surface area (Å²) in [7, 11) is -1.20. The summed E-state index contributed by atoms with van der Waals surface area (Å²) in [4.78, 5) is 13.2. The van der Waals surface area contributed by atoms with Gasteiger partial charge in [-0.2, -0.15) is 9.97 Å². The number of nitrogens with two attached hydrogens (primary N) is 1. The molecule has 0 fully saturated rings. The minimum absolute atomic E-state index is 0.379. The Kier molecular flexibility index (Phi) is 5.78. The maximum atomic E-state index is 11.5. The van der Waals surface area contributed by atoms with Crippen molar-refractivity contribution in [1.29, 1.82) is 0 Å². The summed E-state index contributed by atoms with van der Waals surface area (Å²) in [6.45, 7) is 5.32. The number of fused-ring (bicyclic) bond motifs is 1. The summed E-state index contributed by atoms with van der Waals surface area (Å²) in [5.41, 5.74) is 9.55. The minimum atomic E-state index is -1.20. The molecule has 3 aromatic rings. The number of anilines is 2. The van der Waals surface area contributed by atoms with Crippen molar-refractivity contribution in [2.45, 2.75) is 32.5 Å². The summed E-state index contributed by atoms with van der Waals surface area (Å²) in [6.07, 6.45) is 4.47. The molecule has 2 heterocycles. The average molecular weight is 371 g/mol. The van der Waals surface area contributed by atoms with Gasteiger partial charge in [-0.3, -0.25) is 0 Å². The van der Waals surface area contributed by atoms with Crippen LogP contribution in [0.25, 0.3) is 11.2 Å². The second-order valence-corrected chi connectivity index (χ2v) is 7.94. The molecule has 0 amide bonds. The van der Waals surface area contributed by atoms with Gasteiger partial charge in [0, 0.05) is 6.54 Å². The van der Waals surface area contributed by atoms with Crippen molar-refractivity contribution < 1.29 is 4.57 Å². The van der Waals surface area contributed by atoms with Crippen molar-refractivity contribution in [3.05, 3.63) is 41.7 Å². The van der Waals surface area contributed by atoms with Gasteiger partial charge < -0.3 is 15.6 Å². The largest absolute Gasteiger partial charge is 0.382 e. The first-order valence-electron chi connectivity index (χ1n) is 8.75. The zero-order chi connectivity index (χ0) is 18.5. The summed E-state index contributed by atoms with van der Waals surface area (Å²) in [5, 5.41) is 3.21. The first kappa shape index (κ1) is 18.3. The molecular formula is C18H24N6OP+. The molecule has 0 aliphatic heterocycles. The van der Waals surface area contributed by atoms with Gasteiger partial charge in [0.05, 0.1) is 12.9 Å². The molecule has 1 unspecified atom stereocenters. The Bertz CT molecular complexity index is 923. The van der Waals surface area contributed by atoms with Crippen LogP contribution in [-0.4, -0.2) is 32.7 Å². The van der Waals surface area contributed by atoms with Crippen LogP contribution in [0.2, 0.25) is 0 Å². The average Bonchev–Trinajstić information content (AvgIpc) is 2.98. The molecule has 136 valence electrons. The lowest BCUT2D eigenvalue weighted by Crippen LogP contribution is -2.08. The smallest absolute Gasteiger partial charge is 0.340 e. The molecule has 1 aromatic carbocycles. The number of benzene rings is 1. The normalized spacial score (nSPS) is 11.7. The quantitative estimate of drug-likeness (QED) is 0.463. The molecule has 3 rings (SSSR count). The van der Waals surface area contributed by atoms with E-state index in [-0.39, 0.29) is 0 Å². The lowest BCUT2D eigenvalue weighted by atomic mass is 10.1. The molecule has 0 bridgehead atoms. The van der Waals surface area contributed by atoms with Crippen LogP contribution in [0.5, 0.6) is 0 Å². The first-order chi connectivity index (χ1) is 12.6. The maximum Gasteiger partial charge on any atom is 0.340 e. The molecule has 0 aliphatic carbocycles. The van der Waals surface area contributed by atoms with Gasteiger partial charge in [-0.05, 0) is 23.6 Å². The lowest BCUT2D eigenvalue weighted by Gasteiger charge is -2.08. The standard InChI is InChI=1S/C18H24N6OP/c1-3-4-8-20-18-22-16(19)15-17(23-18)24(12-21-15)10-13-6-5-7-14(9-13)11-26(2)25/h5-7,9,12H,3-4,8,10-11H2,1-2H3,(H3,19,20,22,23)/q+1. The van der Waals surface area contributed by atoms with Crippen LogP contribution < -0.4 is 11.1 Å². The number of hydrogen-bond donors (Lipinski definition) is 2. The number of nitrogens with zero attached hydrogens (tertiary/aromatic N) is 4. The van der Waals surface area contributed by atoms with E-state index < -0.39 is 7.80 Å². The summed E-state index contributed by atoms with van der Waals surface area (Å²) in [5.74, 6) is 0.909. The number of rotatable bonds is 8. The van der Waals surface area contributed by atoms with Crippen molar-refractivity contribution in [1.82, 2.24) is 19.5 Å². The predicted octanol–water partition coefficient (Wildman–Crippen LogP) is 3.63. The molecule has 0 saturated carbocycles. The molecule has 8 heteroatoms. The van der Waals surface area contributed by atoms with E-state index in [4.69, 9.17) is 5.73 Å². The summed E-state index contributed by atoms with van der Waals surface area (Å²) < 4.78 is 13.5. The van der Waals surface area contributed by atoms with Crippen molar-refractivity contribution in [3.63, 3.8) is 0 Å². The Morgan fingerprint density at radius 3 is 2.85 bits per heavy atom. The van der Waals surface area contributed by atoms with E-state index in [2.05, 4.69) is 33.3 Å². The highest BCUT2D eigenvalue weighted by Gasteiger charge is 2.13. The predicted molar refractivity (Wildman–Crippen MR) is 106 cm³/mol. The number of hydrogen-bond acceptors (Lipinski definition) is 6. The number of nitrogen functional groups attached to an aromatic ring is 1. The highest BCUT2D eigenvalue weighted by molar-refractivity contribution is 7.42. The van der Waals surface area contributed by atoms with Gasteiger partial charge in [-0.1, -0.05) is 36.1 Å². The fourth-order valence-corrected chi connectivity index (χ4v) is 3.53. The third-order valence-electron chi connectivity index (χ3n) is 4.05. The van der Waals surface area contributed by atoms with Crippen LogP contribution in [0.4, 0.5) is 11.8 Å². The fraction of sp³-hybridized carbons (Fsp3) is 0.389. The Labute approximate surface area is 153 Å². The molecule has 1 atom stereocenters. The molecule has 2 aromatic heterocycles. The Hall–Kier alpha value is -2.53. The Morgan fingerprint density at radius 1 is 1.27 bits per heavy atom. The second-order valence-electron chi connectivity index (χ2n) is 6.36. The molecular weight excluding hydrogens is 347 g/mol. The van der Waals surface area contributed by atoms with E-state index in [1.165, 1.54) is 0 Å². The van der Waals surface area contributed by atoms with Crippen LogP contribution >= 0.6 is 7.80 Å². The molecule has 0 spiro atoms. The van der Waals surface area contributed by atoms with Crippen molar-refractivity contribution >= 4 is 30.7 Å². The van der Waals surface area contributed by atoms with E-state index >= 15 is 0 Å². The van der Waals surface area contributed by atoms with E-state index in [0.717, 1.165) is 30.5 Å². The third-order valence-corrected chi connectivity index (χ3v) is 4.86.